The van der Waals surface area contributed by atoms with Crippen molar-refractivity contribution in [2.75, 3.05) is 0 Å². The van der Waals surface area contributed by atoms with E-state index in [0.717, 1.165) is 22.2 Å². The third-order valence-electron chi connectivity index (χ3n) is 2.76. The van der Waals surface area contributed by atoms with E-state index in [2.05, 4.69) is 22.3 Å². The molecule has 0 amide bonds. The number of fused-ring (bicyclic) bond motifs is 1. The van der Waals surface area contributed by atoms with E-state index in [1.807, 2.05) is 60.7 Å². The summed E-state index contributed by atoms with van der Waals surface area (Å²) in [6, 6.07) is 20.2. The van der Waals surface area contributed by atoms with E-state index in [-0.39, 0.29) is 0 Å². The van der Waals surface area contributed by atoms with Gasteiger partial charge in [0.25, 0.3) is 0 Å². The average Bonchev–Trinajstić information content (AvgIpc) is 2.46. The van der Waals surface area contributed by atoms with Crippen LogP contribution in [0.3, 0.4) is 0 Å². The lowest BCUT2D eigenvalue weighted by atomic mass is 10.2. The molecular formula is C16H12N2. The minimum atomic E-state index is 0.873. The topological polar surface area (TPSA) is 25.8 Å². The van der Waals surface area contributed by atoms with Gasteiger partial charge >= 0.3 is 0 Å². The van der Waals surface area contributed by atoms with Gasteiger partial charge in [0.2, 0.25) is 0 Å². The van der Waals surface area contributed by atoms with Crippen LogP contribution in [-0.2, 0) is 0 Å². The van der Waals surface area contributed by atoms with Gasteiger partial charge in [0.15, 0.2) is 0 Å². The highest BCUT2D eigenvalue weighted by Gasteiger charge is 1.95. The monoisotopic (exact) mass is 232 g/mol. The van der Waals surface area contributed by atoms with Crippen LogP contribution in [0.15, 0.2) is 60.7 Å². The Morgan fingerprint density at radius 1 is 0.722 bits per heavy atom. The maximum Gasteiger partial charge on any atom is 0.0930 e. The molecular weight excluding hydrogens is 220 g/mol. The predicted molar refractivity (Wildman–Crippen MR) is 74.9 cm³/mol. The highest BCUT2D eigenvalue weighted by Crippen LogP contribution is 2.12. The molecule has 0 aliphatic carbocycles. The molecule has 2 heteroatoms. The van der Waals surface area contributed by atoms with Gasteiger partial charge in [-0.3, -0.25) is 0 Å². The second-order valence-electron chi connectivity index (χ2n) is 4.07. The lowest BCUT2D eigenvalue weighted by molar-refractivity contribution is 1.06. The molecule has 1 aromatic heterocycles. The molecule has 3 aromatic rings. The summed E-state index contributed by atoms with van der Waals surface area (Å²) in [7, 11) is 0. The highest BCUT2D eigenvalue weighted by molar-refractivity contribution is 5.80. The van der Waals surface area contributed by atoms with Crippen molar-refractivity contribution < 1.29 is 0 Å². The zero-order valence-electron chi connectivity index (χ0n) is 9.82. The van der Waals surface area contributed by atoms with Crippen LogP contribution in [0.1, 0.15) is 11.3 Å². The molecule has 86 valence electrons. The summed E-state index contributed by atoms with van der Waals surface area (Å²) < 4.78 is 0. The average molecular weight is 232 g/mol. The van der Waals surface area contributed by atoms with Gasteiger partial charge in [-0.25, -0.2) is 0 Å². The first kappa shape index (κ1) is 10.7. The van der Waals surface area contributed by atoms with Crippen molar-refractivity contribution >= 4 is 23.1 Å². The van der Waals surface area contributed by atoms with E-state index < -0.39 is 0 Å². The normalized spacial score (nSPS) is 11.1. The van der Waals surface area contributed by atoms with E-state index in [1.165, 1.54) is 0 Å². The molecule has 0 bridgehead atoms. The van der Waals surface area contributed by atoms with Gasteiger partial charge < -0.3 is 0 Å². The van der Waals surface area contributed by atoms with Gasteiger partial charge in [0.05, 0.1) is 11.2 Å². The fraction of sp³-hybridized carbons (Fsp3) is 0. The first-order valence-electron chi connectivity index (χ1n) is 5.87. The molecule has 0 saturated heterocycles. The van der Waals surface area contributed by atoms with Gasteiger partial charge in [-0.2, -0.15) is 5.10 Å². The van der Waals surface area contributed by atoms with Crippen molar-refractivity contribution in [3.8, 4) is 0 Å². The molecule has 0 spiro atoms. The van der Waals surface area contributed by atoms with Crippen molar-refractivity contribution in [2.45, 2.75) is 0 Å². The lowest BCUT2D eigenvalue weighted by Crippen LogP contribution is -1.87. The SMILES string of the molecule is C(=C\c1cc2ccccc2nn1)/c1ccccc1. The third kappa shape index (κ3) is 2.28. The van der Waals surface area contributed by atoms with Gasteiger partial charge in [0, 0.05) is 5.39 Å². The predicted octanol–water partition coefficient (Wildman–Crippen LogP) is 3.80. The van der Waals surface area contributed by atoms with E-state index in [9.17, 15) is 0 Å². The van der Waals surface area contributed by atoms with Crippen LogP contribution in [0.5, 0.6) is 0 Å². The molecule has 0 aliphatic rings. The zero-order valence-corrected chi connectivity index (χ0v) is 9.82. The number of aromatic nitrogens is 2. The minimum absolute atomic E-state index is 0.873. The summed E-state index contributed by atoms with van der Waals surface area (Å²) in [5, 5.41) is 9.49. The molecule has 0 saturated carbocycles. The van der Waals surface area contributed by atoms with Crippen molar-refractivity contribution in [3.05, 3.63) is 71.9 Å². The Balaban J connectivity index is 1.93. The van der Waals surface area contributed by atoms with Crippen molar-refractivity contribution in [3.63, 3.8) is 0 Å². The maximum absolute atomic E-state index is 4.19. The van der Waals surface area contributed by atoms with Crippen LogP contribution in [-0.4, -0.2) is 10.2 Å². The molecule has 0 atom stereocenters. The molecule has 0 unspecified atom stereocenters. The molecule has 0 radical (unpaired) electrons. The minimum Gasteiger partial charge on any atom is -0.151 e. The Hall–Kier alpha value is -2.48. The van der Waals surface area contributed by atoms with E-state index in [0.29, 0.717) is 0 Å². The van der Waals surface area contributed by atoms with Crippen LogP contribution >= 0.6 is 0 Å². The second kappa shape index (κ2) is 4.80. The molecule has 0 aliphatic heterocycles. The number of hydrogen-bond donors (Lipinski definition) is 0. The van der Waals surface area contributed by atoms with Gasteiger partial charge in [-0.15, -0.1) is 5.10 Å². The van der Waals surface area contributed by atoms with Crippen LogP contribution in [0.4, 0.5) is 0 Å². The van der Waals surface area contributed by atoms with Crippen LogP contribution in [0.25, 0.3) is 23.1 Å². The van der Waals surface area contributed by atoms with Crippen molar-refractivity contribution in [2.24, 2.45) is 0 Å². The first-order valence-corrected chi connectivity index (χ1v) is 5.87. The van der Waals surface area contributed by atoms with Crippen LogP contribution in [0, 0.1) is 0 Å². The molecule has 1 heterocycles. The Morgan fingerprint density at radius 3 is 2.39 bits per heavy atom. The summed E-state index contributed by atoms with van der Waals surface area (Å²) >= 11 is 0. The maximum atomic E-state index is 4.19. The summed E-state index contributed by atoms with van der Waals surface area (Å²) in [5.41, 5.74) is 2.96. The smallest absolute Gasteiger partial charge is 0.0930 e. The fourth-order valence-electron chi connectivity index (χ4n) is 1.83. The lowest BCUT2D eigenvalue weighted by Gasteiger charge is -1.97. The van der Waals surface area contributed by atoms with Gasteiger partial charge in [-0.05, 0) is 23.8 Å². The summed E-state index contributed by atoms with van der Waals surface area (Å²) in [4.78, 5) is 0. The van der Waals surface area contributed by atoms with Gasteiger partial charge in [-0.1, -0.05) is 54.6 Å². The van der Waals surface area contributed by atoms with Crippen molar-refractivity contribution in [1.82, 2.24) is 10.2 Å². The van der Waals surface area contributed by atoms with E-state index >= 15 is 0 Å². The van der Waals surface area contributed by atoms with Crippen molar-refractivity contribution in [1.29, 1.82) is 0 Å². The second-order valence-corrected chi connectivity index (χ2v) is 4.07. The molecule has 3 rings (SSSR count). The number of nitrogens with zero attached hydrogens (tertiary/aromatic N) is 2. The Labute approximate surface area is 106 Å². The number of rotatable bonds is 2. The number of hydrogen-bond acceptors (Lipinski definition) is 2. The fourth-order valence-corrected chi connectivity index (χ4v) is 1.83. The van der Waals surface area contributed by atoms with E-state index in [1.54, 1.807) is 0 Å². The summed E-state index contributed by atoms with van der Waals surface area (Å²) in [6.07, 6.45) is 4.02. The zero-order chi connectivity index (χ0) is 12.2. The molecule has 2 nitrogen and oxygen atoms in total. The first-order chi connectivity index (χ1) is 8.92. The molecule has 18 heavy (non-hydrogen) atoms. The molecule has 2 aromatic carbocycles. The van der Waals surface area contributed by atoms with Gasteiger partial charge in [0.1, 0.15) is 0 Å². The Kier molecular flexibility index (Phi) is 2.84. The third-order valence-corrected chi connectivity index (χ3v) is 2.76. The highest BCUT2D eigenvalue weighted by atomic mass is 15.1. The standard InChI is InChI=1S/C16H12N2/c1-2-6-13(7-3-1)10-11-15-12-14-8-4-5-9-16(14)18-17-15/h1-12H/b11-10+. The Morgan fingerprint density at radius 2 is 1.50 bits per heavy atom. The summed E-state index contributed by atoms with van der Waals surface area (Å²) in [6.45, 7) is 0. The quantitative estimate of drug-likeness (QED) is 0.671. The molecule has 0 N–H and O–H groups in total. The van der Waals surface area contributed by atoms with Crippen LogP contribution in [0.2, 0.25) is 0 Å². The summed E-state index contributed by atoms with van der Waals surface area (Å²) in [5.74, 6) is 0. The molecule has 0 fully saturated rings. The van der Waals surface area contributed by atoms with E-state index in [4.69, 9.17) is 0 Å². The van der Waals surface area contributed by atoms with Crippen LogP contribution < -0.4 is 0 Å². The number of benzene rings is 2. The largest absolute Gasteiger partial charge is 0.151 e. The Bertz CT molecular complexity index is 688.